The summed E-state index contributed by atoms with van der Waals surface area (Å²) < 4.78 is 0. The Hall–Kier alpha value is -3.21. The second-order valence-electron chi connectivity index (χ2n) is 6.97. The maximum Gasteiger partial charge on any atom is 0.274 e. The van der Waals surface area contributed by atoms with Gasteiger partial charge in [-0.25, -0.2) is 9.97 Å². The molecule has 3 rings (SSSR count). The number of aromatic nitrogens is 2. The van der Waals surface area contributed by atoms with Gasteiger partial charge in [-0.15, -0.1) is 0 Å². The molecule has 0 aliphatic heterocycles. The third-order valence-corrected chi connectivity index (χ3v) is 4.33. The molecular weight excluding hydrogens is 336 g/mol. The molecule has 0 saturated heterocycles. The molecule has 0 aliphatic carbocycles. The molecule has 0 atom stereocenters. The van der Waals surface area contributed by atoms with E-state index < -0.39 is 0 Å². The molecule has 1 aromatic heterocycles. The Morgan fingerprint density at radius 3 is 2.15 bits per heavy atom. The number of nitrogens with one attached hydrogen (secondary N) is 2. The second-order valence-corrected chi connectivity index (χ2v) is 6.97. The highest BCUT2D eigenvalue weighted by Gasteiger charge is 2.12. The highest BCUT2D eigenvalue weighted by Crippen LogP contribution is 2.19. The van der Waals surface area contributed by atoms with Crippen LogP contribution in [0.5, 0.6) is 0 Å². The highest BCUT2D eigenvalue weighted by molar-refractivity contribution is 6.03. The number of hydrogen-bond donors (Lipinski definition) is 2. The van der Waals surface area contributed by atoms with Crippen molar-refractivity contribution in [2.45, 2.75) is 34.6 Å². The molecule has 0 fully saturated rings. The van der Waals surface area contributed by atoms with E-state index in [2.05, 4.69) is 40.5 Å². The van der Waals surface area contributed by atoms with Gasteiger partial charge in [0.05, 0.1) is 0 Å². The Kier molecular flexibility index (Phi) is 5.21. The summed E-state index contributed by atoms with van der Waals surface area (Å²) in [5, 5.41) is 6.11. The lowest BCUT2D eigenvalue weighted by Crippen LogP contribution is -2.15. The minimum atomic E-state index is -0.256. The summed E-state index contributed by atoms with van der Waals surface area (Å²) in [6.07, 6.45) is 0. The summed E-state index contributed by atoms with van der Waals surface area (Å²) in [5.74, 6) is 0.150. The second kappa shape index (κ2) is 7.58. The maximum atomic E-state index is 12.7. The summed E-state index contributed by atoms with van der Waals surface area (Å²) in [7, 11) is 0. The summed E-state index contributed by atoms with van der Waals surface area (Å²) >= 11 is 0. The lowest BCUT2D eigenvalue weighted by molar-refractivity contribution is 0.102. The molecule has 0 aliphatic rings. The Morgan fingerprint density at radius 1 is 0.778 bits per heavy atom. The largest absolute Gasteiger partial charge is 0.324 e. The van der Waals surface area contributed by atoms with Crippen molar-refractivity contribution in [3.8, 4) is 0 Å². The van der Waals surface area contributed by atoms with Crippen molar-refractivity contribution in [2.75, 3.05) is 10.6 Å². The zero-order valence-electron chi connectivity index (χ0n) is 16.3. The molecule has 1 amide bonds. The van der Waals surface area contributed by atoms with Crippen molar-refractivity contribution in [1.29, 1.82) is 0 Å². The van der Waals surface area contributed by atoms with Gasteiger partial charge in [-0.3, -0.25) is 4.79 Å². The Morgan fingerprint density at radius 2 is 1.48 bits per heavy atom. The first-order chi connectivity index (χ1) is 12.8. The summed E-state index contributed by atoms with van der Waals surface area (Å²) in [5.41, 5.74) is 7.30. The van der Waals surface area contributed by atoms with Crippen molar-refractivity contribution in [2.24, 2.45) is 0 Å². The summed E-state index contributed by atoms with van der Waals surface area (Å²) in [6, 6.07) is 13.7. The minimum Gasteiger partial charge on any atom is -0.324 e. The fourth-order valence-electron chi connectivity index (χ4n) is 2.93. The molecule has 5 heteroatoms. The van der Waals surface area contributed by atoms with Gasteiger partial charge in [0.25, 0.3) is 5.91 Å². The molecule has 138 valence electrons. The number of nitrogens with zero attached hydrogens (tertiary/aromatic N) is 2. The number of aryl methyl sites for hydroxylation is 5. The van der Waals surface area contributed by atoms with Crippen molar-refractivity contribution in [1.82, 2.24) is 9.97 Å². The molecule has 0 saturated carbocycles. The number of rotatable bonds is 4. The standard InChI is InChI=1S/C22H24N4O/c1-13-8-14(2)10-19(9-13)24-21(27)20-12-17(5)23-22(26-20)25-18-7-6-15(3)16(4)11-18/h6-12H,1-5H3,(H,24,27)(H,23,25,26). The monoisotopic (exact) mass is 360 g/mol. The first kappa shape index (κ1) is 18.6. The van der Waals surface area contributed by atoms with E-state index in [0.29, 0.717) is 11.6 Å². The minimum absolute atomic E-state index is 0.256. The maximum absolute atomic E-state index is 12.7. The lowest BCUT2D eigenvalue weighted by atomic mass is 10.1. The van der Waals surface area contributed by atoms with Gasteiger partial charge in [0.2, 0.25) is 5.95 Å². The number of amides is 1. The van der Waals surface area contributed by atoms with Crippen molar-refractivity contribution in [3.63, 3.8) is 0 Å². The molecule has 3 aromatic rings. The van der Waals surface area contributed by atoms with Crippen LogP contribution < -0.4 is 10.6 Å². The third kappa shape index (κ3) is 4.70. The number of carbonyl (C=O) groups is 1. The molecular formula is C22H24N4O. The summed E-state index contributed by atoms with van der Waals surface area (Å²) in [4.78, 5) is 21.4. The van der Waals surface area contributed by atoms with Gasteiger partial charge in [0.15, 0.2) is 0 Å². The van der Waals surface area contributed by atoms with Crippen molar-refractivity contribution < 1.29 is 4.79 Å². The normalized spacial score (nSPS) is 10.6. The number of anilines is 3. The van der Waals surface area contributed by atoms with E-state index in [4.69, 9.17) is 0 Å². The zero-order valence-corrected chi connectivity index (χ0v) is 16.3. The average Bonchev–Trinajstić information content (AvgIpc) is 2.56. The van der Waals surface area contributed by atoms with Crippen LogP contribution in [0.15, 0.2) is 42.5 Å². The van der Waals surface area contributed by atoms with Crippen LogP contribution in [0.4, 0.5) is 17.3 Å². The predicted octanol–water partition coefficient (Wildman–Crippen LogP) is 5.01. The molecule has 27 heavy (non-hydrogen) atoms. The van der Waals surface area contributed by atoms with E-state index in [9.17, 15) is 4.79 Å². The zero-order chi connectivity index (χ0) is 19.6. The number of hydrogen-bond acceptors (Lipinski definition) is 4. The van der Waals surface area contributed by atoms with Gasteiger partial charge in [-0.05, 0) is 87.2 Å². The van der Waals surface area contributed by atoms with Gasteiger partial charge in [0, 0.05) is 17.1 Å². The van der Waals surface area contributed by atoms with Gasteiger partial charge in [-0.2, -0.15) is 0 Å². The molecule has 1 heterocycles. The van der Waals surface area contributed by atoms with Crippen LogP contribution in [-0.2, 0) is 0 Å². The van der Waals surface area contributed by atoms with Crippen LogP contribution >= 0.6 is 0 Å². The summed E-state index contributed by atoms with van der Waals surface area (Å²) in [6.45, 7) is 9.98. The molecule has 2 N–H and O–H groups in total. The van der Waals surface area contributed by atoms with Gasteiger partial charge >= 0.3 is 0 Å². The molecule has 0 spiro atoms. The van der Waals surface area contributed by atoms with Crippen LogP contribution in [0.25, 0.3) is 0 Å². The molecule has 0 radical (unpaired) electrons. The number of benzene rings is 2. The van der Waals surface area contributed by atoms with Gasteiger partial charge in [0.1, 0.15) is 5.69 Å². The van der Waals surface area contributed by atoms with Crippen molar-refractivity contribution in [3.05, 3.63) is 76.1 Å². The predicted molar refractivity (Wildman–Crippen MR) is 110 cm³/mol. The van der Waals surface area contributed by atoms with Crippen molar-refractivity contribution >= 4 is 23.2 Å². The molecule has 5 nitrogen and oxygen atoms in total. The SMILES string of the molecule is Cc1cc(C)cc(NC(=O)c2cc(C)nc(Nc3ccc(C)c(C)c3)n2)c1. The third-order valence-electron chi connectivity index (χ3n) is 4.33. The molecule has 0 bridgehead atoms. The Bertz CT molecular complexity index is 991. The Labute approximate surface area is 159 Å². The fourth-order valence-corrected chi connectivity index (χ4v) is 2.93. The van der Waals surface area contributed by atoms with Crippen LogP contribution in [-0.4, -0.2) is 15.9 Å². The molecule has 2 aromatic carbocycles. The van der Waals surface area contributed by atoms with Crippen LogP contribution in [0.3, 0.4) is 0 Å². The van der Waals surface area contributed by atoms with E-state index >= 15 is 0 Å². The fraction of sp³-hybridized carbons (Fsp3) is 0.227. The topological polar surface area (TPSA) is 66.9 Å². The quantitative estimate of drug-likeness (QED) is 0.686. The lowest BCUT2D eigenvalue weighted by Gasteiger charge is -2.11. The van der Waals surface area contributed by atoms with Gasteiger partial charge < -0.3 is 10.6 Å². The smallest absolute Gasteiger partial charge is 0.274 e. The van der Waals surface area contributed by atoms with E-state index in [0.717, 1.165) is 28.2 Å². The van der Waals surface area contributed by atoms with E-state index in [-0.39, 0.29) is 5.91 Å². The molecule has 0 unspecified atom stereocenters. The van der Waals surface area contributed by atoms with Crippen LogP contribution in [0.2, 0.25) is 0 Å². The van der Waals surface area contributed by atoms with E-state index in [1.54, 1.807) is 6.07 Å². The highest BCUT2D eigenvalue weighted by atomic mass is 16.1. The van der Waals surface area contributed by atoms with Crippen LogP contribution in [0.1, 0.15) is 38.4 Å². The van der Waals surface area contributed by atoms with E-state index in [1.807, 2.05) is 51.1 Å². The first-order valence-corrected chi connectivity index (χ1v) is 8.90. The average molecular weight is 360 g/mol. The van der Waals surface area contributed by atoms with E-state index in [1.165, 1.54) is 11.1 Å². The van der Waals surface area contributed by atoms with Crippen LogP contribution in [0, 0.1) is 34.6 Å². The number of carbonyl (C=O) groups excluding carboxylic acids is 1. The first-order valence-electron chi connectivity index (χ1n) is 8.90. The Balaban J connectivity index is 1.83. The van der Waals surface area contributed by atoms with Gasteiger partial charge in [-0.1, -0.05) is 12.1 Å².